The molecule has 0 N–H and O–H groups in total. The molecule has 1 nitrogen and oxygen atoms in total. The van der Waals surface area contributed by atoms with E-state index in [0.29, 0.717) is 5.92 Å². The summed E-state index contributed by atoms with van der Waals surface area (Å²) < 4.78 is 0. The third kappa shape index (κ3) is 3.11. The van der Waals surface area contributed by atoms with Crippen molar-refractivity contribution in [2.75, 3.05) is 13.1 Å². The molecule has 0 aromatic rings. The van der Waals surface area contributed by atoms with Crippen LogP contribution in [0.1, 0.15) is 32.6 Å². The van der Waals surface area contributed by atoms with Crippen molar-refractivity contribution in [3.8, 4) is 0 Å². The van der Waals surface area contributed by atoms with Crippen molar-refractivity contribution in [3.05, 3.63) is 12.7 Å². The molecular formula is C11H19NS. The zero-order chi connectivity index (χ0) is 9.68. The van der Waals surface area contributed by atoms with Crippen LogP contribution >= 0.6 is 12.2 Å². The first-order valence-corrected chi connectivity index (χ1v) is 5.56. The fourth-order valence-corrected chi connectivity index (χ4v) is 2.08. The number of hydrogen-bond donors (Lipinski definition) is 0. The molecule has 1 fully saturated rings. The summed E-state index contributed by atoms with van der Waals surface area (Å²) >= 11 is 5.40. The molecule has 74 valence electrons. The van der Waals surface area contributed by atoms with Crippen molar-refractivity contribution >= 4 is 17.2 Å². The van der Waals surface area contributed by atoms with Crippen LogP contribution in [0.4, 0.5) is 0 Å². The maximum Gasteiger partial charge on any atom is 0.0807 e. The highest BCUT2D eigenvalue weighted by Crippen LogP contribution is 2.18. The molecule has 0 radical (unpaired) electrons. The van der Waals surface area contributed by atoms with Gasteiger partial charge in [0.15, 0.2) is 0 Å². The van der Waals surface area contributed by atoms with Crippen LogP contribution < -0.4 is 0 Å². The van der Waals surface area contributed by atoms with Crippen LogP contribution in [0.2, 0.25) is 0 Å². The van der Waals surface area contributed by atoms with E-state index < -0.39 is 0 Å². The van der Waals surface area contributed by atoms with Gasteiger partial charge in [-0.25, -0.2) is 0 Å². The predicted molar refractivity (Wildman–Crippen MR) is 62.0 cm³/mol. The minimum atomic E-state index is 0.618. The lowest BCUT2D eigenvalue weighted by atomic mass is 10.00. The summed E-state index contributed by atoms with van der Waals surface area (Å²) in [5, 5.41) is 0. The van der Waals surface area contributed by atoms with E-state index in [1.807, 2.05) is 6.08 Å². The first kappa shape index (κ1) is 10.7. The lowest BCUT2D eigenvalue weighted by Gasteiger charge is -2.33. The van der Waals surface area contributed by atoms with Crippen molar-refractivity contribution in [1.29, 1.82) is 0 Å². The lowest BCUT2D eigenvalue weighted by Crippen LogP contribution is -2.39. The third-order valence-electron chi connectivity index (χ3n) is 2.63. The van der Waals surface area contributed by atoms with Gasteiger partial charge in [-0.15, -0.1) is 6.58 Å². The molecule has 0 aromatic carbocycles. The largest absolute Gasteiger partial charge is 0.366 e. The van der Waals surface area contributed by atoms with Gasteiger partial charge in [0, 0.05) is 19.0 Å². The maximum atomic E-state index is 5.40. The van der Waals surface area contributed by atoms with Crippen molar-refractivity contribution in [2.45, 2.75) is 32.6 Å². The van der Waals surface area contributed by atoms with Gasteiger partial charge in [-0.05, 0) is 25.7 Å². The molecule has 1 unspecified atom stereocenters. The summed E-state index contributed by atoms with van der Waals surface area (Å²) in [6, 6.07) is 0. The van der Waals surface area contributed by atoms with Crippen molar-refractivity contribution in [2.24, 2.45) is 5.92 Å². The number of rotatable bonds is 4. The van der Waals surface area contributed by atoms with Crippen LogP contribution in [0.15, 0.2) is 12.7 Å². The zero-order valence-corrected chi connectivity index (χ0v) is 9.28. The molecule has 13 heavy (non-hydrogen) atoms. The number of unbranched alkanes of at least 4 members (excludes halogenated alkanes) is 1. The highest BCUT2D eigenvalue weighted by Gasteiger charge is 2.20. The van der Waals surface area contributed by atoms with Crippen LogP contribution in [0.5, 0.6) is 0 Å². The molecule has 1 heterocycles. The van der Waals surface area contributed by atoms with Gasteiger partial charge in [0.2, 0.25) is 0 Å². The normalized spacial score (nSPS) is 23.3. The Morgan fingerprint density at radius 3 is 3.15 bits per heavy atom. The van der Waals surface area contributed by atoms with Crippen LogP contribution in [0.3, 0.4) is 0 Å². The Morgan fingerprint density at radius 2 is 2.46 bits per heavy atom. The van der Waals surface area contributed by atoms with E-state index in [9.17, 15) is 0 Å². The van der Waals surface area contributed by atoms with Crippen LogP contribution in [0.25, 0.3) is 0 Å². The minimum Gasteiger partial charge on any atom is -0.366 e. The number of allylic oxidation sites excluding steroid dienone is 1. The fourth-order valence-electron chi connectivity index (χ4n) is 1.78. The second kappa shape index (κ2) is 5.38. The Hall–Kier alpha value is -0.370. The summed E-state index contributed by atoms with van der Waals surface area (Å²) in [5.74, 6) is 0.618. The monoisotopic (exact) mass is 197 g/mol. The van der Waals surface area contributed by atoms with Crippen molar-refractivity contribution < 1.29 is 0 Å². The maximum absolute atomic E-state index is 5.40. The Balaban J connectivity index is 2.31. The van der Waals surface area contributed by atoms with Gasteiger partial charge in [0.25, 0.3) is 0 Å². The first-order valence-electron chi connectivity index (χ1n) is 5.15. The number of likely N-dealkylation sites (tertiary alicyclic amines) is 1. The average Bonchev–Trinajstić information content (AvgIpc) is 2.13. The Morgan fingerprint density at radius 1 is 1.69 bits per heavy atom. The van der Waals surface area contributed by atoms with Crippen molar-refractivity contribution in [1.82, 2.24) is 4.90 Å². The topological polar surface area (TPSA) is 3.24 Å². The first-order chi connectivity index (χ1) is 6.25. The van der Waals surface area contributed by atoms with E-state index in [1.54, 1.807) is 0 Å². The smallest absolute Gasteiger partial charge is 0.0807 e. The van der Waals surface area contributed by atoms with Gasteiger partial charge in [0.05, 0.1) is 4.99 Å². The molecule has 1 atom stereocenters. The molecule has 1 saturated heterocycles. The van der Waals surface area contributed by atoms with E-state index in [4.69, 9.17) is 12.2 Å². The van der Waals surface area contributed by atoms with E-state index in [2.05, 4.69) is 18.4 Å². The summed E-state index contributed by atoms with van der Waals surface area (Å²) in [6.45, 7) is 8.25. The van der Waals surface area contributed by atoms with Crippen LogP contribution in [-0.2, 0) is 0 Å². The Bertz CT molecular complexity index is 189. The predicted octanol–water partition coefficient (Wildman–Crippen LogP) is 3.01. The summed E-state index contributed by atoms with van der Waals surface area (Å²) in [7, 11) is 0. The molecule has 1 aliphatic heterocycles. The van der Waals surface area contributed by atoms with E-state index in [0.717, 1.165) is 13.0 Å². The van der Waals surface area contributed by atoms with Gasteiger partial charge in [-0.2, -0.15) is 0 Å². The van der Waals surface area contributed by atoms with Gasteiger partial charge in [-0.1, -0.05) is 25.2 Å². The molecule has 0 spiro atoms. The highest BCUT2D eigenvalue weighted by molar-refractivity contribution is 7.80. The lowest BCUT2D eigenvalue weighted by molar-refractivity contribution is 0.343. The highest BCUT2D eigenvalue weighted by atomic mass is 32.1. The van der Waals surface area contributed by atoms with E-state index in [1.165, 1.54) is 30.8 Å². The van der Waals surface area contributed by atoms with Gasteiger partial charge < -0.3 is 4.90 Å². The standard InChI is InChI=1S/C11H19NS/c1-3-4-5-8-12-9-6-7-10(2)11(12)13/h3,10H,1,4-9H2,2H3. The number of hydrogen-bond acceptors (Lipinski definition) is 1. The van der Waals surface area contributed by atoms with Crippen molar-refractivity contribution in [3.63, 3.8) is 0 Å². The molecule has 1 rings (SSSR count). The minimum absolute atomic E-state index is 0.618. The number of thiocarbonyl (C=S) groups is 1. The number of nitrogens with zero attached hydrogens (tertiary/aromatic N) is 1. The van der Waals surface area contributed by atoms with E-state index in [-0.39, 0.29) is 0 Å². The summed E-state index contributed by atoms with van der Waals surface area (Å²) in [6.07, 6.45) is 6.85. The van der Waals surface area contributed by atoms with Gasteiger partial charge in [0.1, 0.15) is 0 Å². The van der Waals surface area contributed by atoms with Crippen LogP contribution in [0, 0.1) is 5.92 Å². The molecule has 0 aromatic heterocycles. The SMILES string of the molecule is C=CCCCN1CCCC(C)C1=S. The number of piperidine rings is 1. The summed E-state index contributed by atoms with van der Waals surface area (Å²) in [5.41, 5.74) is 0. The Labute approximate surface area is 86.8 Å². The molecule has 1 aliphatic rings. The zero-order valence-electron chi connectivity index (χ0n) is 8.46. The van der Waals surface area contributed by atoms with E-state index >= 15 is 0 Å². The van der Waals surface area contributed by atoms with Gasteiger partial charge in [-0.3, -0.25) is 0 Å². The fraction of sp³-hybridized carbons (Fsp3) is 0.727. The second-order valence-corrected chi connectivity index (χ2v) is 4.22. The molecule has 0 bridgehead atoms. The molecule has 0 aliphatic carbocycles. The summed E-state index contributed by atoms with van der Waals surface area (Å²) in [4.78, 5) is 3.54. The molecule has 0 saturated carbocycles. The third-order valence-corrected chi connectivity index (χ3v) is 3.30. The van der Waals surface area contributed by atoms with Crippen LogP contribution in [-0.4, -0.2) is 23.0 Å². The molecular weight excluding hydrogens is 178 g/mol. The molecule has 2 heteroatoms. The Kier molecular flexibility index (Phi) is 4.43. The second-order valence-electron chi connectivity index (χ2n) is 3.80. The van der Waals surface area contributed by atoms with Gasteiger partial charge >= 0.3 is 0 Å². The average molecular weight is 197 g/mol. The quantitative estimate of drug-likeness (QED) is 0.387. The molecule has 0 amide bonds.